The summed E-state index contributed by atoms with van der Waals surface area (Å²) in [5, 5.41) is 0. The molecule has 2 aromatic carbocycles. The third-order valence-electron chi connectivity index (χ3n) is 2.19. The van der Waals surface area contributed by atoms with Crippen LogP contribution in [-0.2, 0) is 0 Å². The van der Waals surface area contributed by atoms with Crippen molar-refractivity contribution in [2.45, 2.75) is 6.92 Å². The standard InChI is InChI=1S/C14H13O/c1-2-15-14-11-7-6-10-13(14)12-8-4-3-5-9-12/h3-10H,2H2,1H3. The lowest BCUT2D eigenvalue weighted by molar-refractivity contribution is 0.341. The lowest BCUT2D eigenvalue weighted by atomic mass is 10.1. The fraction of sp³-hybridized carbons (Fsp3) is 0.143. The van der Waals surface area contributed by atoms with Crippen molar-refractivity contribution in [2.75, 3.05) is 6.61 Å². The van der Waals surface area contributed by atoms with Gasteiger partial charge >= 0.3 is 0 Å². The van der Waals surface area contributed by atoms with Crippen molar-refractivity contribution in [3.05, 3.63) is 54.6 Å². The minimum Gasteiger partial charge on any atom is -0.493 e. The molecule has 0 aliphatic heterocycles. The smallest absolute Gasteiger partial charge is 0.135 e. The average molecular weight is 197 g/mol. The fourth-order valence-corrected chi connectivity index (χ4v) is 1.53. The van der Waals surface area contributed by atoms with Gasteiger partial charge in [-0.2, -0.15) is 0 Å². The van der Waals surface area contributed by atoms with Gasteiger partial charge in [-0.15, -0.1) is 0 Å². The molecule has 2 rings (SSSR count). The zero-order valence-corrected chi connectivity index (χ0v) is 8.73. The van der Waals surface area contributed by atoms with Crippen LogP contribution in [0.25, 0.3) is 11.1 Å². The molecule has 0 aliphatic rings. The van der Waals surface area contributed by atoms with Crippen molar-refractivity contribution in [1.29, 1.82) is 0 Å². The third-order valence-corrected chi connectivity index (χ3v) is 2.19. The number of ether oxygens (including phenoxy) is 1. The highest BCUT2D eigenvalue weighted by Crippen LogP contribution is 2.28. The molecule has 0 unspecified atom stereocenters. The van der Waals surface area contributed by atoms with E-state index in [9.17, 15) is 0 Å². The van der Waals surface area contributed by atoms with Crippen LogP contribution in [0.5, 0.6) is 5.75 Å². The molecule has 0 amide bonds. The first-order valence-corrected chi connectivity index (χ1v) is 5.10. The first kappa shape index (κ1) is 9.78. The van der Waals surface area contributed by atoms with Crippen LogP contribution < -0.4 is 4.74 Å². The van der Waals surface area contributed by atoms with E-state index in [1.165, 1.54) is 0 Å². The Morgan fingerprint density at radius 2 is 1.87 bits per heavy atom. The number of para-hydroxylation sites is 1. The van der Waals surface area contributed by atoms with Crippen LogP contribution in [0, 0.1) is 6.07 Å². The van der Waals surface area contributed by atoms with E-state index in [1.807, 2.05) is 37.3 Å². The van der Waals surface area contributed by atoms with Crippen molar-refractivity contribution in [3.63, 3.8) is 0 Å². The van der Waals surface area contributed by atoms with E-state index in [1.54, 1.807) is 0 Å². The topological polar surface area (TPSA) is 9.23 Å². The predicted octanol–water partition coefficient (Wildman–Crippen LogP) is 3.55. The summed E-state index contributed by atoms with van der Waals surface area (Å²) in [4.78, 5) is 0. The summed E-state index contributed by atoms with van der Waals surface area (Å²) in [6.45, 7) is 2.65. The van der Waals surface area contributed by atoms with E-state index in [0.717, 1.165) is 16.9 Å². The van der Waals surface area contributed by atoms with E-state index >= 15 is 0 Å². The molecule has 1 radical (unpaired) electrons. The normalized spacial score (nSPS) is 9.93. The van der Waals surface area contributed by atoms with Crippen LogP contribution in [0.4, 0.5) is 0 Å². The van der Waals surface area contributed by atoms with Crippen LogP contribution in [0.2, 0.25) is 0 Å². The molecule has 0 spiro atoms. The molecule has 0 heterocycles. The van der Waals surface area contributed by atoms with Gasteiger partial charge in [-0.3, -0.25) is 0 Å². The van der Waals surface area contributed by atoms with E-state index in [0.29, 0.717) is 6.61 Å². The molecule has 1 nitrogen and oxygen atoms in total. The summed E-state index contributed by atoms with van der Waals surface area (Å²) in [7, 11) is 0. The molecule has 0 aliphatic carbocycles. The highest BCUT2D eigenvalue weighted by atomic mass is 16.5. The molecule has 0 atom stereocenters. The molecule has 15 heavy (non-hydrogen) atoms. The number of hydrogen-bond donors (Lipinski definition) is 0. The second-order valence-corrected chi connectivity index (χ2v) is 3.21. The molecule has 1 heteroatoms. The lowest BCUT2D eigenvalue weighted by Gasteiger charge is -2.09. The fourth-order valence-electron chi connectivity index (χ4n) is 1.53. The minimum atomic E-state index is 0.667. The Balaban J connectivity index is 2.43. The lowest BCUT2D eigenvalue weighted by Crippen LogP contribution is -1.93. The number of hydrogen-bond acceptors (Lipinski definition) is 1. The van der Waals surface area contributed by atoms with Gasteiger partial charge in [0.15, 0.2) is 0 Å². The van der Waals surface area contributed by atoms with Crippen molar-refractivity contribution in [3.8, 4) is 16.9 Å². The molecular weight excluding hydrogens is 184 g/mol. The molecule has 0 aromatic heterocycles. The van der Waals surface area contributed by atoms with Gasteiger partial charge in [-0.25, -0.2) is 0 Å². The molecule has 0 bridgehead atoms. The summed E-state index contributed by atoms with van der Waals surface area (Å²) in [5.74, 6) is 0.825. The summed E-state index contributed by atoms with van der Waals surface area (Å²) in [6.07, 6.45) is 0. The van der Waals surface area contributed by atoms with Crippen LogP contribution in [0.1, 0.15) is 6.92 Å². The van der Waals surface area contributed by atoms with Crippen molar-refractivity contribution in [1.82, 2.24) is 0 Å². The molecule has 2 aromatic rings. The van der Waals surface area contributed by atoms with Crippen molar-refractivity contribution < 1.29 is 4.74 Å². The molecule has 0 saturated carbocycles. The van der Waals surface area contributed by atoms with Gasteiger partial charge in [0.25, 0.3) is 0 Å². The Kier molecular flexibility index (Phi) is 3.03. The highest BCUT2D eigenvalue weighted by Gasteiger charge is 2.03. The van der Waals surface area contributed by atoms with Gasteiger partial charge in [0.1, 0.15) is 5.75 Å². The Bertz CT molecular complexity index is 420. The van der Waals surface area contributed by atoms with Gasteiger partial charge in [0.2, 0.25) is 0 Å². The first-order chi connectivity index (χ1) is 7.42. The average Bonchev–Trinajstić information content (AvgIpc) is 2.31. The zero-order valence-electron chi connectivity index (χ0n) is 8.73. The van der Waals surface area contributed by atoms with Crippen molar-refractivity contribution in [2.24, 2.45) is 0 Å². The van der Waals surface area contributed by atoms with Gasteiger partial charge in [-0.05, 0) is 12.5 Å². The Hall–Kier alpha value is -1.76. The maximum absolute atomic E-state index is 5.54. The molecule has 75 valence electrons. The Labute approximate surface area is 90.3 Å². The molecule has 0 fully saturated rings. The zero-order chi connectivity index (χ0) is 10.5. The number of rotatable bonds is 3. The third kappa shape index (κ3) is 2.18. The van der Waals surface area contributed by atoms with E-state index in [2.05, 4.69) is 24.3 Å². The second-order valence-electron chi connectivity index (χ2n) is 3.21. The highest BCUT2D eigenvalue weighted by molar-refractivity contribution is 5.69. The van der Waals surface area contributed by atoms with Crippen LogP contribution in [0.15, 0.2) is 48.5 Å². The summed E-state index contributed by atoms with van der Waals surface area (Å²) < 4.78 is 5.54. The molecule has 0 N–H and O–H groups in total. The predicted molar refractivity (Wildman–Crippen MR) is 61.9 cm³/mol. The minimum absolute atomic E-state index is 0.667. The largest absolute Gasteiger partial charge is 0.493 e. The van der Waals surface area contributed by atoms with Crippen LogP contribution in [0.3, 0.4) is 0 Å². The van der Waals surface area contributed by atoms with E-state index < -0.39 is 0 Å². The summed E-state index contributed by atoms with van der Waals surface area (Å²) in [6, 6.07) is 19.2. The second kappa shape index (κ2) is 4.65. The van der Waals surface area contributed by atoms with E-state index in [4.69, 9.17) is 4.74 Å². The van der Waals surface area contributed by atoms with Crippen molar-refractivity contribution >= 4 is 0 Å². The summed E-state index contributed by atoms with van der Waals surface area (Å²) in [5.41, 5.74) is 2.26. The maximum Gasteiger partial charge on any atom is 0.135 e. The first-order valence-electron chi connectivity index (χ1n) is 5.10. The Morgan fingerprint density at radius 3 is 2.60 bits per heavy atom. The molecule has 0 saturated heterocycles. The number of benzene rings is 2. The quantitative estimate of drug-likeness (QED) is 0.731. The van der Waals surface area contributed by atoms with Gasteiger partial charge < -0.3 is 4.74 Å². The monoisotopic (exact) mass is 197 g/mol. The SMILES string of the molecule is CCOc1[c]cccc1-c1ccccc1. The van der Waals surface area contributed by atoms with Gasteiger partial charge in [-0.1, -0.05) is 48.5 Å². The van der Waals surface area contributed by atoms with Gasteiger partial charge in [0.05, 0.1) is 6.61 Å². The molecular formula is C14H13O. The van der Waals surface area contributed by atoms with Gasteiger partial charge in [0, 0.05) is 11.6 Å². The Morgan fingerprint density at radius 1 is 1.07 bits per heavy atom. The van der Waals surface area contributed by atoms with Crippen LogP contribution >= 0.6 is 0 Å². The summed E-state index contributed by atoms with van der Waals surface area (Å²) >= 11 is 0. The van der Waals surface area contributed by atoms with E-state index in [-0.39, 0.29) is 0 Å². The van der Waals surface area contributed by atoms with Crippen LogP contribution in [-0.4, -0.2) is 6.61 Å². The maximum atomic E-state index is 5.54.